The summed E-state index contributed by atoms with van der Waals surface area (Å²) in [7, 11) is 0. The molecule has 1 aromatic carbocycles. The predicted molar refractivity (Wildman–Crippen MR) is 74.8 cm³/mol. The molecule has 1 aromatic rings. The Morgan fingerprint density at radius 2 is 2.00 bits per heavy atom. The van der Waals surface area contributed by atoms with Gasteiger partial charge in [-0.2, -0.15) is 0 Å². The van der Waals surface area contributed by atoms with E-state index in [0.29, 0.717) is 0 Å². The molecule has 0 radical (unpaired) electrons. The van der Waals surface area contributed by atoms with Crippen LogP contribution in [0.1, 0.15) is 49.4 Å². The molecule has 0 aromatic heterocycles. The zero-order valence-corrected chi connectivity index (χ0v) is 11.5. The Hall–Kier alpha value is -1.22. The van der Waals surface area contributed by atoms with Crippen LogP contribution in [0, 0.1) is 11.7 Å². The monoisotopic (exact) mass is 263 g/mol. The van der Waals surface area contributed by atoms with Gasteiger partial charge in [-0.05, 0) is 31.5 Å². The lowest BCUT2D eigenvalue weighted by molar-refractivity contribution is 0.0892. The predicted octanol–water partition coefficient (Wildman–Crippen LogP) is 3.57. The van der Waals surface area contributed by atoms with Crippen LogP contribution in [0.4, 0.5) is 4.39 Å². The molecule has 1 aliphatic heterocycles. The number of benzene rings is 1. The van der Waals surface area contributed by atoms with Crippen molar-refractivity contribution in [3.05, 3.63) is 35.6 Å². The second kappa shape index (κ2) is 6.80. The number of Topliss-reactive ketones (excluding diaryl/α,β-unsaturated/α-hetero) is 1. The van der Waals surface area contributed by atoms with Crippen LogP contribution in [0.5, 0.6) is 0 Å². The maximum Gasteiger partial charge on any atom is 0.170 e. The van der Waals surface area contributed by atoms with Crippen LogP contribution in [-0.2, 0) is 0 Å². The highest BCUT2D eigenvalue weighted by Gasteiger charge is 2.26. The average molecular weight is 263 g/mol. The number of nitrogens with one attached hydrogen (secondary N) is 1. The molecule has 0 amide bonds. The van der Waals surface area contributed by atoms with Crippen molar-refractivity contribution in [3.8, 4) is 0 Å². The fraction of sp³-hybridized carbons (Fsp3) is 0.562. The van der Waals surface area contributed by atoms with Crippen molar-refractivity contribution in [1.29, 1.82) is 0 Å². The molecule has 0 saturated carbocycles. The minimum Gasteiger partial charge on any atom is -0.313 e. The molecule has 2 rings (SSSR count). The first kappa shape index (κ1) is 14.2. The molecule has 1 N–H and O–H groups in total. The van der Waals surface area contributed by atoms with E-state index in [9.17, 15) is 9.18 Å². The smallest absolute Gasteiger partial charge is 0.170 e. The first-order chi connectivity index (χ1) is 9.20. The molecule has 2 atom stereocenters. The van der Waals surface area contributed by atoms with E-state index >= 15 is 0 Å². The summed E-state index contributed by atoms with van der Waals surface area (Å²) in [5.74, 6) is -0.670. The summed E-state index contributed by atoms with van der Waals surface area (Å²) in [5.41, 5.74) is 0.221. The van der Waals surface area contributed by atoms with Crippen LogP contribution in [-0.4, -0.2) is 18.4 Å². The van der Waals surface area contributed by atoms with Crippen LogP contribution in [0.25, 0.3) is 0 Å². The molecule has 104 valence electrons. The fourth-order valence-electron chi connectivity index (χ4n) is 2.75. The van der Waals surface area contributed by atoms with Gasteiger partial charge in [-0.25, -0.2) is 4.39 Å². The van der Waals surface area contributed by atoms with Crippen molar-refractivity contribution in [2.45, 2.75) is 45.1 Å². The Labute approximate surface area is 114 Å². The number of carbonyl (C=O) groups excluding carboxylic acids is 1. The van der Waals surface area contributed by atoms with Gasteiger partial charge >= 0.3 is 0 Å². The third-order valence-corrected chi connectivity index (χ3v) is 4.00. The maximum absolute atomic E-state index is 13.7. The number of ketones is 1. The first-order valence-corrected chi connectivity index (χ1v) is 7.22. The van der Waals surface area contributed by atoms with Gasteiger partial charge in [0.2, 0.25) is 0 Å². The first-order valence-electron chi connectivity index (χ1n) is 7.22. The highest BCUT2D eigenvalue weighted by Crippen LogP contribution is 2.20. The Morgan fingerprint density at radius 3 is 2.79 bits per heavy atom. The molecule has 2 unspecified atom stereocenters. The molecule has 3 heteroatoms. The SMILES string of the molecule is CC(C(=O)c1ccccc1F)C1CCCCCCN1. The second-order valence-electron chi connectivity index (χ2n) is 5.40. The quantitative estimate of drug-likeness (QED) is 0.845. The molecule has 1 aliphatic rings. The van der Waals surface area contributed by atoms with Crippen molar-refractivity contribution in [3.63, 3.8) is 0 Å². The highest BCUT2D eigenvalue weighted by atomic mass is 19.1. The van der Waals surface area contributed by atoms with E-state index in [0.717, 1.165) is 25.8 Å². The average Bonchev–Trinajstić information content (AvgIpc) is 2.37. The van der Waals surface area contributed by atoms with Gasteiger partial charge in [-0.1, -0.05) is 38.3 Å². The van der Waals surface area contributed by atoms with Crippen molar-refractivity contribution >= 4 is 5.78 Å². The summed E-state index contributed by atoms with van der Waals surface area (Å²) in [5, 5.41) is 3.45. The van der Waals surface area contributed by atoms with Crippen LogP contribution >= 0.6 is 0 Å². The molecular formula is C16H22FNO. The molecule has 1 saturated heterocycles. The van der Waals surface area contributed by atoms with E-state index in [1.54, 1.807) is 18.2 Å². The van der Waals surface area contributed by atoms with E-state index in [2.05, 4.69) is 5.32 Å². The van der Waals surface area contributed by atoms with E-state index in [4.69, 9.17) is 0 Å². The lowest BCUT2D eigenvalue weighted by Gasteiger charge is -2.26. The van der Waals surface area contributed by atoms with E-state index in [1.807, 2.05) is 6.92 Å². The summed E-state index contributed by atoms with van der Waals surface area (Å²) in [4.78, 5) is 12.4. The summed E-state index contributed by atoms with van der Waals surface area (Å²) in [6.07, 6.45) is 5.80. The maximum atomic E-state index is 13.7. The molecule has 2 nitrogen and oxygen atoms in total. The Kier molecular flexibility index (Phi) is 5.08. The normalized spacial score (nSPS) is 22.3. The second-order valence-corrected chi connectivity index (χ2v) is 5.40. The number of rotatable bonds is 3. The van der Waals surface area contributed by atoms with Crippen LogP contribution in [0.15, 0.2) is 24.3 Å². The number of hydrogen-bond acceptors (Lipinski definition) is 2. The Bertz CT molecular complexity index is 425. The Balaban J connectivity index is 2.07. The standard InChI is InChI=1S/C16H22FNO/c1-12(15-10-4-2-3-7-11-18-15)16(19)13-8-5-6-9-14(13)17/h5-6,8-9,12,15,18H,2-4,7,10-11H2,1H3. The van der Waals surface area contributed by atoms with Gasteiger partial charge in [-0.3, -0.25) is 4.79 Å². The third-order valence-electron chi connectivity index (χ3n) is 4.00. The van der Waals surface area contributed by atoms with Crippen molar-refractivity contribution in [1.82, 2.24) is 5.32 Å². The zero-order valence-electron chi connectivity index (χ0n) is 11.5. The van der Waals surface area contributed by atoms with Crippen LogP contribution < -0.4 is 5.32 Å². The number of halogens is 1. The molecule has 1 heterocycles. The van der Waals surface area contributed by atoms with Crippen molar-refractivity contribution in [2.75, 3.05) is 6.54 Å². The highest BCUT2D eigenvalue weighted by molar-refractivity contribution is 5.98. The van der Waals surface area contributed by atoms with E-state index in [1.165, 1.54) is 18.9 Å². The van der Waals surface area contributed by atoms with Crippen LogP contribution in [0.2, 0.25) is 0 Å². The number of carbonyl (C=O) groups is 1. The van der Waals surface area contributed by atoms with E-state index < -0.39 is 5.82 Å². The van der Waals surface area contributed by atoms with Gasteiger partial charge in [-0.15, -0.1) is 0 Å². The Morgan fingerprint density at radius 1 is 1.26 bits per heavy atom. The van der Waals surface area contributed by atoms with Gasteiger partial charge in [0, 0.05) is 12.0 Å². The number of hydrogen-bond donors (Lipinski definition) is 1. The molecular weight excluding hydrogens is 241 g/mol. The molecule has 1 fully saturated rings. The minimum absolute atomic E-state index is 0.0869. The van der Waals surface area contributed by atoms with Gasteiger partial charge in [0.1, 0.15) is 5.82 Å². The van der Waals surface area contributed by atoms with Gasteiger partial charge in [0.15, 0.2) is 5.78 Å². The van der Waals surface area contributed by atoms with Crippen LogP contribution in [0.3, 0.4) is 0 Å². The molecule has 0 bridgehead atoms. The topological polar surface area (TPSA) is 29.1 Å². The minimum atomic E-state index is -0.412. The summed E-state index contributed by atoms with van der Waals surface area (Å²) >= 11 is 0. The summed E-state index contributed by atoms with van der Waals surface area (Å²) < 4.78 is 13.7. The van der Waals surface area contributed by atoms with Gasteiger partial charge in [0.25, 0.3) is 0 Å². The van der Waals surface area contributed by atoms with Crippen molar-refractivity contribution in [2.24, 2.45) is 5.92 Å². The fourth-order valence-corrected chi connectivity index (χ4v) is 2.75. The van der Waals surface area contributed by atoms with Crippen molar-refractivity contribution < 1.29 is 9.18 Å². The zero-order chi connectivity index (χ0) is 13.7. The summed E-state index contributed by atoms with van der Waals surface area (Å²) in [6.45, 7) is 2.87. The lowest BCUT2D eigenvalue weighted by Crippen LogP contribution is -2.40. The molecule has 19 heavy (non-hydrogen) atoms. The molecule has 0 aliphatic carbocycles. The summed E-state index contributed by atoms with van der Waals surface area (Å²) in [6, 6.07) is 6.44. The van der Waals surface area contributed by atoms with Gasteiger partial charge < -0.3 is 5.32 Å². The molecule has 0 spiro atoms. The third kappa shape index (κ3) is 3.63. The lowest BCUT2D eigenvalue weighted by atomic mass is 9.88. The van der Waals surface area contributed by atoms with E-state index in [-0.39, 0.29) is 23.3 Å². The van der Waals surface area contributed by atoms with Gasteiger partial charge in [0.05, 0.1) is 5.56 Å². The largest absolute Gasteiger partial charge is 0.313 e.